The molecule has 0 bridgehead atoms. The molecule has 1 saturated heterocycles. The number of rotatable bonds is 4. The van der Waals surface area contributed by atoms with E-state index >= 15 is 0 Å². The molecule has 0 aliphatic carbocycles. The fourth-order valence-electron chi connectivity index (χ4n) is 2.25. The molecule has 0 saturated carbocycles. The first-order valence-corrected chi connectivity index (χ1v) is 7.67. The lowest BCUT2D eigenvalue weighted by Gasteiger charge is -2.32. The van der Waals surface area contributed by atoms with Gasteiger partial charge in [-0.15, -0.1) is 13.2 Å². The molecule has 2 rings (SSSR count). The van der Waals surface area contributed by atoms with E-state index in [-0.39, 0.29) is 12.3 Å². The maximum absolute atomic E-state index is 12.4. The molecule has 0 spiro atoms. The quantitative estimate of drug-likeness (QED) is 0.638. The molecule has 1 heterocycles. The highest BCUT2D eigenvalue weighted by molar-refractivity contribution is 6.55. The molecule has 9 heteroatoms. The van der Waals surface area contributed by atoms with Gasteiger partial charge in [-0.3, -0.25) is 0 Å². The first-order chi connectivity index (χ1) is 11.3. The molecule has 0 aromatic heterocycles. The molecule has 0 amide bonds. The Balaban J connectivity index is 2.30. The van der Waals surface area contributed by atoms with Crippen molar-refractivity contribution in [2.45, 2.75) is 45.3 Å². The van der Waals surface area contributed by atoms with E-state index in [1.165, 1.54) is 18.2 Å². The number of nitrogen functional groups attached to an aromatic ring is 1. The second-order valence-corrected chi connectivity index (χ2v) is 6.81. The lowest BCUT2D eigenvalue weighted by molar-refractivity contribution is -0.274. The molecular weight excluding hydrogens is 338 g/mol. The van der Waals surface area contributed by atoms with Crippen LogP contribution in [0.15, 0.2) is 23.7 Å². The summed E-state index contributed by atoms with van der Waals surface area (Å²) in [5.74, 6) is -0.507. The van der Waals surface area contributed by atoms with E-state index in [1.54, 1.807) is 0 Å². The average molecular weight is 359 g/mol. The van der Waals surface area contributed by atoms with Crippen LogP contribution in [-0.2, 0) is 9.31 Å². The molecule has 0 unspecified atom stereocenters. The first-order valence-electron chi connectivity index (χ1n) is 7.67. The van der Waals surface area contributed by atoms with Gasteiger partial charge in [-0.25, -0.2) is 0 Å². The number of anilines is 1. The van der Waals surface area contributed by atoms with Gasteiger partial charge >= 0.3 is 13.5 Å². The molecule has 0 atom stereocenters. The average Bonchev–Trinajstić information content (AvgIpc) is 2.66. The zero-order valence-electron chi connectivity index (χ0n) is 14.5. The largest absolute Gasteiger partial charge is 0.573 e. The minimum absolute atomic E-state index is 0.143. The van der Waals surface area contributed by atoms with Gasteiger partial charge in [-0.05, 0) is 50.9 Å². The second kappa shape index (κ2) is 6.55. The van der Waals surface area contributed by atoms with Crippen molar-refractivity contribution in [1.82, 2.24) is 0 Å². The molecule has 1 aliphatic rings. The van der Waals surface area contributed by atoms with Crippen molar-refractivity contribution in [2.75, 3.05) is 12.3 Å². The minimum atomic E-state index is -4.85. The van der Waals surface area contributed by atoms with Crippen molar-refractivity contribution in [2.24, 2.45) is 0 Å². The summed E-state index contributed by atoms with van der Waals surface area (Å²) in [6.45, 7) is 7.07. The summed E-state index contributed by atoms with van der Waals surface area (Å²) in [4.78, 5) is 0. The van der Waals surface area contributed by atoms with Crippen LogP contribution >= 0.6 is 0 Å². The fourth-order valence-corrected chi connectivity index (χ4v) is 2.25. The normalized spacial score (nSPS) is 20.0. The highest BCUT2D eigenvalue weighted by Crippen LogP contribution is 2.39. The van der Waals surface area contributed by atoms with Gasteiger partial charge in [-0.1, -0.05) is 12.1 Å². The number of halogens is 3. The Bertz CT molecular complexity index is 658. The van der Waals surface area contributed by atoms with Crippen LogP contribution in [0.5, 0.6) is 5.75 Å². The summed E-state index contributed by atoms with van der Waals surface area (Å²) in [6.07, 6.45) is -3.35. The lowest BCUT2D eigenvalue weighted by atomic mass is 9.77. The summed E-state index contributed by atoms with van der Waals surface area (Å²) < 4.78 is 52.9. The van der Waals surface area contributed by atoms with Crippen molar-refractivity contribution in [3.05, 3.63) is 29.2 Å². The third-order valence-corrected chi connectivity index (χ3v) is 4.35. The Morgan fingerprint density at radius 1 is 1.24 bits per heavy atom. The Morgan fingerprint density at radius 3 is 2.28 bits per heavy atom. The van der Waals surface area contributed by atoms with Gasteiger partial charge in [0.2, 0.25) is 0 Å². The third kappa shape index (κ3) is 4.48. The van der Waals surface area contributed by atoms with E-state index in [0.29, 0.717) is 11.0 Å². The molecule has 0 radical (unpaired) electrons. The van der Waals surface area contributed by atoms with Crippen LogP contribution in [0.1, 0.15) is 33.3 Å². The third-order valence-electron chi connectivity index (χ3n) is 4.35. The Labute approximate surface area is 144 Å². The summed E-state index contributed by atoms with van der Waals surface area (Å²) in [7, 11) is -0.806. The standard InChI is InChI=1S/C16H21BF3NO4/c1-14(2)15(3,4)25-17(24-14)11(9-22)7-10-5-6-12(21)13(8-10)23-16(18,19)20/h5-8,22H,9,21H2,1-4H3. The monoisotopic (exact) mass is 359 g/mol. The van der Waals surface area contributed by atoms with Gasteiger partial charge in [0.1, 0.15) is 0 Å². The van der Waals surface area contributed by atoms with Crippen LogP contribution in [0.4, 0.5) is 18.9 Å². The van der Waals surface area contributed by atoms with Crippen molar-refractivity contribution >= 4 is 18.9 Å². The van der Waals surface area contributed by atoms with Gasteiger partial charge in [-0.2, -0.15) is 0 Å². The molecule has 1 aromatic rings. The predicted octanol–water partition coefficient (Wildman–Crippen LogP) is 3.17. The van der Waals surface area contributed by atoms with Gasteiger partial charge in [0.25, 0.3) is 0 Å². The SMILES string of the molecule is CC1(C)OB(C(=Cc2ccc(N)c(OC(F)(F)F)c2)CO)OC1(C)C. The van der Waals surface area contributed by atoms with Crippen LogP contribution < -0.4 is 10.5 Å². The zero-order chi connectivity index (χ0) is 19.0. The second-order valence-electron chi connectivity index (χ2n) is 6.81. The maximum Gasteiger partial charge on any atom is 0.573 e. The highest BCUT2D eigenvalue weighted by atomic mass is 19.4. The van der Waals surface area contributed by atoms with Gasteiger partial charge < -0.3 is 24.9 Å². The number of aliphatic hydroxyl groups is 1. The van der Waals surface area contributed by atoms with Crippen molar-refractivity contribution in [1.29, 1.82) is 0 Å². The van der Waals surface area contributed by atoms with E-state index in [0.717, 1.165) is 6.07 Å². The smallest absolute Gasteiger partial charge is 0.404 e. The van der Waals surface area contributed by atoms with Crippen molar-refractivity contribution < 1.29 is 32.3 Å². The van der Waals surface area contributed by atoms with Gasteiger partial charge in [0.05, 0.1) is 23.5 Å². The number of ether oxygens (including phenoxy) is 1. The van der Waals surface area contributed by atoms with Crippen LogP contribution in [-0.4, -0.2) is 36.4 Å². The number of hydrogen-bond donors (Lipinski definition) is 2. The van der Waals surface area contributed by atoms with Crippen LogP contribution in [0.3, 0.4) is 0 Å². The van der Waals surface area contributed by atoms with E-state index < -0.39 is 30.4 Å². The van der Waals surface area contributed by atoms with E-state index in [9.17, 15) is 18.3 Å². The first kappa shape index (κ1) is 19.6. The van der Waals surface area contributed by atoms with Crippen molar-refractivity contribution in [3.8, 4) is 5.75 Å². The molecule has 1 fully saturated rings. The molecule has 5 nitrogen and oxygen atoms in total. The topological polar surface area (TPSA) is 73.9 Å². The van der Waals surface area contributed by atoms with Crippen molar-refractivity contribution in [3.63, 3.8) is 0 Å². The van der Waals surface area contributed by atoms with Crippen LogP contribution in [0, 0.1) is 0 Å². The lowest BCUT2D eigenvalue weighted by Crippen LogP contribution is -2.41. The Kier molecular flexibility index (Phi) is 5.14. The summed E-state index contributed by atoms with van der Waals surface area (Å²) in [5.41, 5.74) is 4.91. The molecule has 138 valence electrons. The molecule has 3 N–H and O–H groups in total. The predicted molar refractivity (Wildman–Crippen MR) is 88.7 cm³/mol. The summed E-state index contributed by atoms with van der Waals surface area (Å²) in [6, 6.07) is 3.95. The Morgan fingerprint density at radius 2 is 1.80 bits per heavy atom. The number of aliphatic hydroxyl groups excluding tert-OH is 1. The molecule has 1 aromatic carbocycles. The van der Waals surface area contributed by atoms with E-state index in [1.807, 2.05) is 27.7 Å². The number of alkyl halides is 3. The maximum atomic E-state index is 12.4. The summed E-state index contributed by atoms with van der Waals surface area (Å²) in [5, 5.41) is 9.63. The minimum Gasteiger partial charge on any atom is -0.404 e. The fraction of sp³-hybridized carbons (Fsp3) is 0.500. The highest BCUT2D eigenvalue weighted by Gasteiger charge is 2.52. The van der Waals surface area contributed by atoms with Gasteiger partial charge in [0.15, 0.2) is 5.75 Å². The van der Waals surface area contributed by atoms with Crippen LogP contribution in [0.2, 0.25) is 0 Å². The van der Waals surface area contributed by atoms with E-state index in [2.05, 4.69) is 4.74 Å². The molecular formula is C16H21BF3NO4. The molecule has 1 aliphatic heterocycles. The zero-order valence-corrected chi connectivity index (χ0v) is 14.5. The van der Waals surface area contributed by atoms with Crippen LogP contribution in [0.25, 0.3) is 6.08 Å². The number of nitrogens with two attached hydrogens (primary N) is 1. The Hall–Kier alpha value is -1.71. The number of benzene rings is 1. The summed E-state index contributed by atoms with van der Waals surface area (Å²) >= 11 is 0. The van der Waals surface area contributed by atoms with Gasteiger partial charge in [0, 0.05) is 0 Å². The number of hydrogen-bond acceptors (Lipinski definition) is 5. The molecule has 25 heavy (non-hydrogen) atoms. The van der Waals surface area contributed by atoms with E-state index in [4.69, 9.17) is 15.0 Å².